The number of phenolic OH excluding ortho intramolecular Hbond substituents is 1. The first-order valence-corrected chi connectivity index (χ1v) is 9.87. The van der Waals surface area contributed by atoms with Crippen LogP contribution in [-0.2, 0) is 6.54 Å². The number of aromatic carboxylic acids is 1. The molecule has 6 nitrogen and oxygen atoms in total. The average Bonchev–Trinajstić information content (AvgIpc) is 3.12. The Balaban J connectivity index is 1.68. The predicted octanol–water partition coefficient (Wildman–Crippen LogP) is 3.49. The van der Waals surface area contributed by atoms with Crippen LogP contribution in [0.25, 0.3) is 21.5 Å². The minimum Gasteiger partial charge on any atom is -0.508 e. The fourth-order valence-corrected chi connectivity index (χ4v) is 4.71. The summed E-state index contributed by atoms with van der Waals surface area (Å²) >= 11 is 7.59. The van der Waals surface area contributed by atoms with Crippen molar-refractivity contribution in [2.75, 3.05) is 19.6 Å². The van der Waals surface area contributed by atoms with Crippen LogP contribution >= 0.6 is 22.9 Å². The summed E-state index contributed by atoms with van der Waals surface area (Å²) in [4.78, 5) is 13.8. The topological polar surface area (TPSA) is 85.9 Å². The standard InChI is InChI=1S/C19H19ClN2O4S/c20-14-6-11(23)2-3-13(14)15-7-17-16(8-18(27-17)19(25)26)22(15)5-1-4-21-9-12(24)10-21/h2-3,6-8,12,23-24H,1,4-5,9-10H2,(H,25,26). The smallest absolute Gasteiger partial charge is 0.345 e. The Morgan fingerprint density at radius 1 is 1.22 bits per heavy atom. The first kappa shape index (κ1) is 18.3. The lowest BCUT2D eigenvalue weighted by atomic mass is 10.1. The number of hydrogen-bond donors (Lipinski definition) is 3. The van der Waals surface area contributed by atoms with Crippen LogP contribution in [0, 0.1) is 0 Å². The molecule has 1 saturated heterocycles. The molecule has 0 unspecified atom stereocenters. The Morgan fingerprint density at radius 3 is 2.67 bits per heavy atom. The van der Waals surface area contributed by atoms with Crippen molar-refractivity contribution >= 4 is 39.1 Å². The van der Waals surface area contributed by atoms with E-state index in [9.17, 15) is 20.1 Å². The van der Waals surface area contributed by atoms with Crippen molar-refractivity contribution in [3.8, 4) is 17.0 Å². The van der Waals surface area contributed by atoms with Crippen LogP contribution in [0.5, 0.6) is 5.75 Å². The van der Waals surface area contributed by atoms with Crippen molar-refractivity contribution in [3.05, 3.63) is 40.2 Å². The van der Waals surface area contributed by atoms with Crippen LogP contribution in [0.15, 0.2) is 30.3 Å². The van der Waals surface area contributed by atoms with Crippen molar-refractivity contribution in [3.63, 3.8) is 0 Å². The first-order valence-electron chi connectivity index (χ1n) is 8.68. The van der Waals surface area contributed by atoms with Crippen molar-refractivity contribution in [1.82, 2.24) is 9.47 Å². The summed E-state index contributed by atoms with van der Waals surface area (Å²) in [6.45, 7) is 2.99. The molecule has 0 aliphatic carbocycles. The lowest BCUT2D eigenvalue weighted by Crippen LogP contribution is -2.50. The molecule has 3 aromatic rings. The maximum absolute atomic E-state index is 11.3. The number of carboxylic acid groups (broad SMARTS) is 1. The second-order valence-electron chi connectivity index (χ2n) is 6.78. The zero-order valence-corrected chi connectivity index (χ0v) is 16.0. The largest absolute Gasteiger partial charge is 0.508 e. The summed E-state index contributed by atoms with van der Waals surface area (Å²) in [5.74, 6) is -0.824. The number of nitrogens with zero attached hydrogens (tertiary/aromatic N) is 2. The fraction of sp³-hybridized carbons (Fsp3) is 0.316. The Kier molecular flexibility index (Phi) is 4.86. The quantitative estimate of drug-likeness (QED) is 0.583. The number of fused-ring (bicyclic) bond motifs is 1. The molecule has 0 radical (unpaired) electrons. The van der Waals surface area contributed by atoms with Crippen LogP contribution < -0.4 is 0 Å². The van der Waals surface area contributed by atoms with Gasteiger partial charge in [0.15, 0.2) is 0 Å². The Labute approximate surface area is 164 Å². The van der Waals surface area contributed by atoms with E-state index in [0.717, 1.165) is 34.4 Å². The van der Waals surface area contributed by atoms with E-state index in [0.29, 0.717) is 29.5 Å². The summed E-state index contributed by atoms with van der Waals surface area (Å²) in [6, 6.07) is 8.53. The zero-order valence-electron chi connectivity index (χ0n) is 14.4. The second kappa shape index (κ2) is 7.16. The van der Waals surface area contributed by atoms with Gasteiger partial charge < -0.3 is 19.9 Å². The first-order chi connectivity index (χ1) is 12.9. The maximum atomic E-state index is 11.3. The van der Waals surface area contributed by atoms with Gasteiger partial charge >= 0.3 is 5.97 Å². The third-order valence-electron chi connectivity index (χ3n) is 4.82. The number of aliphatic hydroxyl groups excluding tert-OH is 1. The molecule has 0 bridgehead atoms. The molecule has 1 aliphatic heterocycles. The lowest BCUT2D eigenvalue weighted by Gasteiger charge is -2.35. The van der Waals surface area contributed by atoms with E-state index in [1.54, 1.807) is 18.2 Å². The number of likely N-dealkylation sites (tertiary alicyclic amines) is 1. The van der Waals surface area contributed by atoms with E-state index in [2.05, 4.69) is 9.47 Å². The van der Waals surface area contributed by atoms with Gasteiger partial charge in [-0.1, -0.05) is 11.6 Å². The Morgan fingerprint density at radius 2 is 2.00 bits per heavy atom. The van der Waals surface area contributed by atoms with Gasteiger partial charge in [0.1, 0.15) is 10.6 Å². The van der Waals surface area contributed by atoms with Crippen molar-refractivity contribution in [2.24, 2.45) is 0 Å². The van der Waals surface area contributed by atoms with Crippen LogP contribution in [0.1, 0.15) is 16.1 Å². The average molecular weight is 407 g/mol. The highest BCUT2D eigenvalue weighted by Crippen LogP contribution is 2.38. The van der Waals surface area contributed by atoms with Gasteiger partial charge in [0.05, 0.1) is 27.0 Å². The number of phenols is 1. The van der Waals surface area contributed by atoms with E-state index >= 15 is 0 Å². The van der Waals surface area contributed by atoms with Gasteiger partial charge in [0.25, 0.3) is 0 Å². The van der Waals surface area contributed by atoms with E-state index in [1.807, 2.05) is 6.07 Å². The monoisotopic (exact) mass is 406 g/mol. The number of halogens is 1. The Bertz CT molecular complexity index is 1010. The molecule has 1 aromatic carbocycles. The van der Waals surface area contributed by atoms with Gasteiger partial charge in [-0.25, -0.2) is 4.79 Å². The van der Waals surface area contributed by atoms with Crippen molar-refractivity contribution in [2.45, 2.75) is 19.1 Å². The highest BCUT2D eigenvalue weighted by Gasteiger charge is 2.24. The molecule has 0 amide bonds. The summed E-state index contributed by atoms with van der Waals surface area (Å²) in [6.07, 6.45) is 0.655. The molecule has 0 atom stereocenters. The molecular weight excluding hydrogens is 388 g/mol. The normalized spacial score (nSPS) is 15.3. The summed E-state index contributed by atoms with van der Waals surface area (Å²) in [7, 11) is 0. The van der Waals surface area contributed by atoms with E-state index in [1.165, 1.54) is 17.4 Å². The van der Waals surface area contributed by atoms with Crippen LogP contribution in [-0.4, -0.2) is 56.5 Å². The van der Waals surface area contributed by atoms with Gasteiger partial charge in [-0.2, -0.15) is 0 Å². The summed E-state index contributed by atoms with van der Waals surface area (Å²) in [5.41, 5.74) is 2.58. The number of aromatic nitrogens is 1. The molecule has 2 aromatic heterocycles. The summed E-state index contributed by atoms with van der Waals surface area (Å²) in [5, 5.41) is 28.8. The molecule has 3 N–H and O–H groups in total. The Hall–Kier alpha value is -2.06. The minimum atomic E-state index is -0.929. The molecule has 27 heavy (non-hydrogen) atoms. The highest BCUT2D eigenvalue weighted by molar-refractivity contribution is 7.20. The molecule has 1 aliphatic rings. The van der Waals surface area contributed by atoms with Crippen LogP contribution in [0.2, 0.25) is 5.02 Å². The van der Waals surface area contributed by atoms with Gasteiger partial charge in [-0.3, -0.25) is 4.90 Å². The van der Waals surface area contributed by atoms with Crippen molar-refractivity contribution in [1.29, 1.82) is 0 Å². The van der Waals surface area contributed by atoms with Gasteiger partial charge in [0, 0.05) is 31.7 Å². The number of hydrogen-bond acceptors (Lipinski definition) is 5. The number of benzene rings is 1. The molecule has 142 valence electrons. The van der Waals surface area contributed by atoms with Crippen molar-refractivity contribution < 1.29 is 20.1 Å². The molecular formula is C19H19ClN2O4S. The third-order valence-corrected chi connectivity index (χ3v) is 6.19. The van der Waals surface area contributed by atoms with Gasteiger partial charge in [0.2, 0.25) is 0 Å². The third kappa shape index (κ3) is 3.55. The number of aromatic hydroxyl groups is 1. The number of rotatable bonds is 6. The summed E-state index contributed by atoms with van der Waals surface area (Å²) < 4.78 is 2.98. The van der Waals surface area contributed by atoms with E-state index < -0.39 is 5.97 Å². The molecule has 8 heteroatoms. The molecule has 3 heterocycles. The number of aliphatic hydroxyl groups is 1. The number of thiophene rings is 1. The number of carbonyl (C=O) groups is 1. The fourth-order valence-electron chi connectivity index (χ4n) is 3.50. The second-order valence-corrected chi connectivity index (χ2v) is 8.27. The highest BCUT2D eigenvalue weighted by atomic mass is 35.5. The van der Waals surface area contributed by atoms with E-state index in [4.69, 9.17) is 11.6 Å². The molecule has 0 saturated carbocycles. The maximum Gasteiger partial charge on any atom is 0.345 e. The van der Waals surface area contributed by atoms with Crippen LogP contribution in [0.4, 0.5) is 0 Å². The van der Waals surface area contributed by atoms with Crippen LogP contribution in [0.3, 0.4) is 0 Å². The molecule has 0 spiro atoms. The minimum absolute atomic E-state index is 0.105. The van der Waals surface area contributed by atoms with Gasteiger partial charge in [-0.05, 0) is 36.8 Å². The molecule has 4 rings (SSSR count). The van der Waals surface area contributed by atoms with Gasteiger partial charge in [-0.15, -0.1) is 11.3 Å². The molecule has 1 fully saturated rings. The number of carboxylic acids is 1. The number of aryl methyl sites for hydroxylation is 1. The van der Waals surface area contributed by atoms with E-state index in [-0.39, 0.29) is 11.9 Å². The number of β-amino-alcohol motifs (C(OH)–C–C–N with tert-alkyl or cyclic N) is 1. The lowest BCUT2D eigenvalue weighted by molar-refractivity contribution is 0.00129. The zero-order chi connectivity index (χ0) is 19.1. The SMILES string of the molecule is O=C(O)c1cc2c(cc(-c3ccc(O)cc3Cl)n2CCCN2CC(O)C2)s1. The predicted molar refractivity (Wildman–Crippen MR) is 106 cm³/mol.